The summed E-state index contributed by atoms with van der Waals surface area (Å²) in [6.45, 7) is 4.08. The number of hydrogen-bond donors (Lipinski definition) is 2. The fourth-order valence-corrected chi connectivity index (χ4v) is 4.88. The molecule has 8 nitrogen and oxygen atoms in total. The third kappa shape index (κ3) is 4.66. The molecule has 0 aliphatic rings. The normalized spacial score (nSPS) is 11.7. The second kappa shape index (κ2) is 9.49. The maximum atomic E-state index is 13.9. The minimum absolute atomic E-state index is 0.00543. The molecule has 1 amide bonds. The smallest absolute Gasteiger partial charge is 0.252 e. The van der Waals surface area contributed by atoms with Crippen LogP contribution in [0.4, 0.5) is 4.39 Å². The second-order valence-electron chi connectivity index (χ2n) is 7.00. The third-order valence-electron chi connectivity index (χ3n) is 5.07. The Labute approximate surface area is 185 Å². The standard InChI is InChI=1S/C22H24FN3O5S/c1-4-26(5-2)32(29,30)15-7-8-19-16(11-15)17(12-21(27)25-19)22(28)24-13-14-6-9-20(31-3)18(23)10-14/h6-12H,4-5,13H2,1-3H3,(H,24,28)(H,25,27). The van der Waals surface area contributed by atoms with Crippen molar-refractivity contribution in [3.05, 3.63) is 69.8 Å². The van der Waals surface area contributed by atoms with E-state index in [1.165, 1.54) is 41.7 Å². The van der Waals surface area contributed by atoms with E-state index in [4.69, 9.17) is 4.74 Å². The van der Waals surface area contributed by atoms with Gasteiger partial charge in [0.05, 0.1) is 17.6 Å². The highest BCUT2D eigenvalue weighted by molar-refractivity contribution is 7.89. The Morgan fingerprint density at radius 2 is 1.84 bits per heavy atom. The van der Waals surface area contributed by atoms with E-state index in [2.05, 4.69) is 10.3 Å². The van der Waals surface area contributed by atoms with Gasteiger partial charge in [0.2, 0.25) is 15.6 Å². The number of pyridine rings is 1. The van der Waals surface area contributed by atoms with Crippen LogP contribution in [0, 0.1) is 5.82 Å². The summed E-state index contributed by atoms with van der Waals surface area (Å²) in [7, 11) is -2.40. The largest absolute Gasteiger partial charge is 0.494 e. The van der Waals surface area contributed by atoms with E-state index in [1.807, 2.05) is 0 Å². The number of benzene rings is 2. The summed E-state index contributed by atoms with van der Waals surface area (Å²) in [5.74, 6) is -1.07. The number of aromatic nitrogens is 1. The molecule has 0 spiro atoms. The summed E-state index contributed by atoms with van der Waals surface area (Å²) in [5.41, 5.74) is 0.346. The van der Waals surface area contributed by atoms with Crippen LogP contribution in [-0.2, 0) is 16.6 Å². The van der Waals surface area contributed by atoms with Crippen LogP contribution in [0.25, 0.3) is 10.9 Å². The minimum atomic E-state index is -3.76. The molecule has 0 aliphatic carbocycles. The van der Waals surface area contributed by atoms with Crippen molar-refractivity contribution in [1.82, 2.24) is 14.6 Å². The van der Waals surface area contributed by atoms with Crippen LogP contribution in [0.1, 0.15) is 29.8 Å². The van der Waals surface area contributed by atoms with Crippen LogP contribution in [0.3, 0.4) is 0 Å². The zero-order valence-electron chi connectivity index (χ0n) is 17.9. The Kier molecular flexibility index (Phi) is 6.95. The summed E-state index contributed by atoms with van der Waals surface area (Å²) >= 11 is 0. The van der Waals surface area contributed by atoms with Gasteiger partial charge in [0.15, 0.2) is 11.6 Å². The Hall–Kier alpha value is -3.24. The zero-order valence-corrected chi connectivity index (χ0v) is 18.8. The monoisotopic (exact) mass is 461 g/mol. The Balaban J connectivity index is 1.97. The molecule has 0 radical (unpaired) electrons. The molecule has 0 unspecified atom stereocenters. The Bertz CT molecular complexity index is 1320. The second-order valence-corrected chi connectivity index (χ2v) is 8.93. The molecule has 2 aromatic carbocycles. The average molecular weight is 462 g/mol. The van der Waals surface area contributed by atoms with E-state index < -0.39 is 27.3 Å². The van der Waals surface area contributed by atoms with Crippen molar-refractivity contribution in [3.8, 4) is 5.75 Å². The number of H-pyrrole nitrogens is 1. The highest BCUT2D eigenvalue weighted by atomic mass is 32.2. The minimum Gasteiger partial charge on any atom is -0.494 e. The number of rotatable bonds is 8. The number of sulfonamides is 1. The summed E-state index contributed by atoms with van der Waals surface area (Å²) in [6.07, 6.45) is 0. The fraction of sp³-hybridized carbons (Fsp3) is 0.273. The first kappa shape index (κ1) is 23.4. The Morgan fingerprint density at radius 1 is 1.12 bits per heavy atom. The van der Waals surface area contributed by atoms with Gasteiger partial charge >= 0.3 is 0 Å². The van der Waals surface area contributed by atoms with Gasteiger partial charge in [0.25, 0.3) is 5.91 Å². The quantitative estimate of drug-likeness (QED) is 0.536. The van der Waals surface area contributed by atoms with E-state index in [-0.39, 0.29) is 28.1 Å². The van der Waals surface area contributed by atoms with Crippen molar-refractivity contribution in [3.63, 3.8) is 0 Å². The molecule has 0 saturated carbocycles. The van der Waals surface area contributed by atoms with Gasteiger partial charge in [0, 0.05) is 36.6 Å². The molecule has 1 heterocycles. The highest BCUT2D eigenvalue weighted by Gasteiger charge is 2.23. The van der Waals surface area contributed by atoms with Gasteiger partial charge in [-0.05, 0) is 35.9 Å². The summed E-state index contributed by atoms with van der Waals surface area (Å²) < 4.78 is 45.9. The van der Waals surface area contributed by atoms with Crippen LogP contribution in [0.15, 0.2) is 52.2 Å². The number of nitrogens with zero attached hydrogens (tertiary/aromatic N) is 1. The SMILES string of the molecule is CCN(CC)S(=O)(=O)c1ccc2[nH]c(=O)cc(C(=O)NCc3ccc(OC)c(F)c3)c2c1. The molecule has 0 aliphatic heterocycles. The van der Waals surface area contributed by atoms with Gasteiger partial charge < -0.3 is 15.0 Å². The fourth-order valence-electron chi connectivity index (χ4n) is 3.39. The van der Waals surface area contributed by atoms with E-state index in [0.29, 0.717) is 24.2 Å². The van der Waals surface area contributed by atoms with E-state index in [9.17, 15) is 22.4 Å². The maximum Gasteiger partial charge on any atom is 0.252 e. The summed E-state index contributed by atoms with van der Waals surface area (Å²) in [4.78, 5) is 27.5. The number of amides is 1. The molecule has 2 N–H and O–H groups in total. The van der Waals surface area contributed by atoms with Gasteiger partial charge in [-0.3, -0.25) is 9.59 Å². The number of aromatic amines is 1. The number of carbonyl (C=O) groups is 1. The van der Waals surface area contributed by atoms with Crippen molar-refractivity contribution < 1.29 is 22.3 Å². The molecule has 0 bridgehead atoms. The topological polar surface area (TPSA) is 109 Å². The van der Waals surface area contributed by atoms with Gasteiger partial charge in [0.1, 0.15) is 0 Å². The van der Waals surface area contributed by atoms with E-state index >= 15 is 0 Å². The highest BCUT2D eigenvalue weighted by Crippen LogP contribution is 2.23. The van der Waals surface area contributed by atoms with E-state index in [0.717, 1.165) is 6.07 Å². The lowest BCUT2D eigenvalue weighted by molar-refractivity contribution is 0.0952. The molecule has 170 valence electrons. The Morgan fingerprint density at radius 3 is 2.47 bits per heavy atom. The molecule has 0 saturated heterocycles. The number of hydrogen-bond acceptors (Lipinski definition) is 5. The van der Waals surface area contributed by atoms with Gasteiger partial charge in [-0.2, -0.15) is 4.31 Å². The van der Waals surface area contributed by atoms with Crippen LogP contribution >= 0.6 is 0 Å². The first-order valence-electron chi connectivity index (χ1n) is 9.99. The van der Waals surface area contributed by atoms with Gasteiger partial charge in [-0.25, -0.2) is 12.8 Å². The zero-order chi connectivity index (χ0) is 23.5. The van der Waals surface area contributed by atoms with Crippen LogP contribution < -0.4 is 15.6 Å². The van der Waals surface area contributed by atoms with Crippen molar-refractivity contribution in [2.24, 2.45) is 0 Å². The molecule has 3 rings (SSSR count). The van der Waals surface area contributed by atoms with E-state index in [1.54, 1.807) is 19.9 Å². The lowest BCUT2D eigenvalue weighted by atomic mass is 10.1. The molecular weight excluding hydrogens is 437 g/mol. The number of nitrogens with one attached hydrogen (secondary N) is 2. The van der Waals surface area contributed by atoms with Crippen LogP contribution in [-0.4, -0.2) is 43.8 Å². The first-order valence-corrected chi connectivity index (χ1v) is 11.4. The summed E-state index contributed by atoms with van der Waals surface area (Å²) in [5, 5.41) is 2.93. The molecular formula is C22H24FN3O5S. The molecule has 0 fully saturated rings. The van der Waals surface area contributed by atoms with Crippen LogP contribution in [0.5, 0.6) is 5.75 Å². The maximum absolute atomic E-state index is 13.9. The van der Waals surface area contributed by atoms with Crippen molar-refractivity contribution in [2.75, 3.05) is 20.2 Å². The van der Waals surface area contributed by atoms with Gasteiger partial charge in [-0.1, -0.05) is 19.9 Å². The lowest BCUT2D eigenvalue weighted by Crippen LogP contribution is -2.30. The molecule has 10 heteroatoms. The molecule has 3 aromatic rings. The lowest BCUT2D eigenvalue weighted by Gasteiger charge is -2.19. The van der Waals surface area contributed by atoms with Crippen molar-refractivity contribution >= 4 is 26.8 Å². The van der Waals surface area contributed by atoms with Crippen molar-refractivity contribution in [1.29, 1.82) is 0 Å². The predicted molar refractivity (Wildman–Crippen MR) is 119 cm³/mol. The molecule has 1 aromatic heterocycles. The number of ether oxygens (including phenoxy) is 1. The average Bonchev–Trinajstić information content (AvgIpc) is 2.77. The number of methoxy groups -OCH3 is 1. The predicted octanol–water partition coefficient (Wildman–Crippen LogP) is 2.64. The molecule has 0 atom stereocenters. The first-order chi connectivity index (χ1) is 15.2. The third-order valence-corrected chi connectivity index (χ3v) is 7.12. The van der Waals surface area contributed by atoms with Crippen LogP contribution in [0.2, 0.25) is 0 Å². The number of carbonyl (C=O) groups excluding carboxylic acids is 1. The van der Waals surface area contributed by atoms with Crippen molar-refractivity contribution in [2.45, 2.75) is 25.3 Å². The summed E-state index contributed by atoms with van der Waals surface area (Å²) in [6, 6.07) is 9.64. The molecule has 32 heavy (non-hydrogen) atoms. The number of halogens is 1. The number of fused-ring (bicyclic) bond motifs is 1. The van der Waals surface area contributed by atoms with Gasteiger partial charge in [-0.15, -0.1) is 0 Å².